The molecule has 3 N–H and O–H groups in total. The van der Waals surface area contributed by atoms with Crippen molar-refractivity contribution in [1.29, 1.82) is 5.26 Å². The summed E-state index contributed by atoms with van der Waals surface area (Å²) in [6, 6.07) is 3.60. The lowest BCUT2D eigenvalue weighted by Crippen LogP contribution is -2.32. The van der Waals surface area contributed by atoms with Crippen LogP contribution in [0.15, 0.2) is 11.4 Å². The van der Waals surface area contributed by atoms with Crippen LogP contribution in [0.25, 0.3) is 0 Å². The van der Waals surface area contributed by atoms with E-state index >= 15 is 0 Å². The van der Waals surface area contributed by atoms with Crippen molar-refractivity contribution in [1.82, 2.24) is 4.72 Å². The Labute approximate surface area is 117 Å². The number of thiophene rings is 1. The number of nitrogens with one attached hydrogen (secondary N) is 1. The highest BCUT2D eigenvalue weighted by molar-refractivity contribution is 7.90. The highest BCUT2D eigenvalue weighted by atomic mass is 32.2. The highest BCUT2D eigenvalue weighted by Gasteiger charge is 2.23. The second-order valence-corrected chi connectivity index (χ2v) is 6.60. The molecule has 0 aliphatic rings. The van der Waals surface area contributed by atoms with Gasteiger partial charge in [-0.3, -0.25) is 0 Å². The average molecular weight is 297 g/mol. The summed E-state index contributed by atoms with van der Waals surface area (Å²) < 4.78 is 26.1. The molecule has 1 rings (SSSR count). The van der Waals surface area contributed by atoms with Gasteiger partial charge in [-0.2, -0.15) is 5.26 Å². The monoisotopic (exact) mass is 297 g/mol. The molecule has 0 aliphatic heterocycles. The number of sulfonamides is 1. The van der Waals surface area contributed by atoms with Crippen LogP contribution in [0.1, 0.15) is 23.8 Å². The molecule has 102 valence electrons. The number of hydrogen-bond acceptors (Lipinski definition) is 5. The zero-order valence-electron chi connectivity index (χ0n) is 10.5. The van der Waals surface area contributed by atoms with Gasteiger partial charge in [-0.05, 0) is 17.9 Å². The van der Waals surface area contributed by atoms with Gasteiger partial charge in [-0.1, -0.05) is 18.8 Å². The van der Waals surface area contributed by atoms with Crippen LogP contribution in [-0.2, 0) is 16.6 Å². The van der Waals surface area contributed by atoms with Gasteiger partial charge in [0.2, 0.25) is 10.0 Å². The summed E-state index contributed by atoms with van der Waals surface area (Å²) in [7, 11) is -3.61. The topological polar surface area (TPSA) is 96.0 Å². The van der Waals surface area contributed by atoms with E-state index in [1.165, 1.54) is 11.3 Å². The van der Waals surface area contributed by atoms with Gasteiger partial charge < -0.3 is 5.73 Å². The Kier molecular flexibility index (Phi) is 6.00. The molecule has 1 unspecified atom stereocenters. The normalized spacial score (nSPS) is 12.3. The van der Waals surface area contributed by atoms with E-state index < -0.39 is 15.3 Å². The van der Waals surface area contributed by atoms with Crippen molar-refractivity contribution in [3.05, 3.63) is 21.9 Å². The van der Waals surface area contributed by atoms with E-state index in [4.69, 9.17) is 11.0 Å². The molecule has 1 heterocycles. The van der Waals surface area contributed by atoms with Crippen molar-refractivity contribution in [3.8, 4) is 17.9 Å². The molecule has 0 bridgehead atoms. The van der Waals surface area contributed by atoms with Crippen LogP contribution >= 0.6 is 11.3 Å². The number of hydrogen-bond donors (Lipinski definition) is 2. The summed E-state index contributed by atoms with van der Waals surface area (Å²) in [5.41, 5.74) is 6.06. The minimum atomic E-state index is -3.61. The van der Waals surface area contributed by atoms with Gasteiger partial charge in [0.15, 0.2) is 5.25 Å². The maximum Gasteiger partial charge on any atom is 0.228 e. The van der Waals surface area contributed by atoms with Gasteiger partial charge in [0.25, 0.3) is 0 Å². The predicted molar refractivity (Wildman–Crippen MR) is 75.7 cm³/mol. The van der Waals surface area contributed by atoms with Crippen LogP contribution in [-0.4, -0.2) is 20.2 Å². The van der Waals surface area contributed by atoms with Crippen LogP contribution in [0.5, 0.6) is 0 Å². The Morgan fingerprint density at radius 1 is 1.58 bits per heavy atom. The summed E-state index contributed by atoms with van der Waals surface area (Å²) >= 11 is 1.41. The van der Waals surface area contributed by atoms with E-state index in [9.17, 15) is 8.42 Å². The standard InChI is InChI=1S/C12H15N3O2S2/c1-2-11(8-14)19(16,17)15-9-12-10(4-3-6-13)5-7-18-12/h5,7,11,15H,2,6,9,13H2,1H3. The highest BCUT2D eigenvalue weighted by Crippen LogP contribution is 2.16. The Balaban J connectivity index is 2.78. The van der Waals surface area contributed by atoms with E-state index in [0.29, 0.717) is 0 Å². The Morgan fingerprint density at radius 2 is 2.32 bits per heavy atom. The number of rotatable bonds is 5. The number of nitriles is 1. The van der Waals surface area contributed by atoms with Crippen molar-refractivity contribution >= 4 is 21.4 Å². The maximum absolute atomic E-state index is 11.8. The summed E-state index contributed by atoms with van der Waals surface area (Å²) in [5.74, 6) is 5.61. The van der Waals surface area contributed by atoms with Crippen LogP contribution in [0.3, 0.4) is 0 Å². The Bertz CT molecular complexity index is 617. The second-order valence-electron chi connectivity index (χ2n) is 3.66. The van der Waals surface area contributed by atoms with Gasteiger partial charge in [0.1, 0.15) is 0 Å². The molecule has 1 aromatic heterocycles. The largest absolute Gasteiger partial charge is 0.320 e. The zero-order chi connectivity index (χ0) is 14.3. The lowest BCUT2D eigenvalue weighted by Gasteiger charge is -2.09. The molecule has 1 atom stereocenters. The SMILES string of the molecule is CCC(C#N)S(=O)(=O)NCc1sccc1C#CCN. The summed E-state index contributed by atoms with van der Waals surface area (Å²) in [5, 5.41) is 9.60. The smallest absolute Gasteiger partial charge is 0.228 e. The first-order chi connectivity index (χ1) is 9.05. The minimum Gasteiger partial charge on any atom is -0.320 e. The molecule has 0 spiro atoms. The predicted octanol–water partition coefficient (Wildman–Crippen LogP) is 0.780. The molecule has 0 aliphatic carbocycles. The van der Waals surface area contributed by atoms with Crippen molar-refractivity contribution in [2.75, 3.05) is 6.54 Å². The summed E-state index contributed by atoms with van der Waals surface area (Å²) in [6.07, 6.45) is 0.260. The van der Waals surface area contributed by atoms with E-state index in [0.717, 1.165) is 10.4 Å². The van der Waals surface area contributed by atoms with Gasteiger partial charge in [0, 0.05) is 17.0 Å². The van der Waals surface area contributed by atoms with E-state index in [2.05, 4.69) is 16.6 Å². The lowest BCUT2D eigenvalue weighted by atomic mass is 10.2. The third kappa shape index (κ3) is 4.34. The van der Waals surface area contributed by atoms with Crippen molar-refractivity contribution in [2.24, 2.45) is 5.73 Å². The van der Waals surface area contributed by atoms with Gasteiger partial charge in [0.05, 0.1) is 12.6 Å². The fraction of sp³-hybridized carbons (Fsp3) is 0.417. The van der Waals surface area contributed by atoms with E-state index in [1.807, 2.05) is 11.4 Å². The molecule has 7 heteroatoms. The van der Waals surface area contributed by atoms with Gasteiger partial charge in [-0.15, -0.1) is 11.3 Å². The zero-order valence-corrected chi connectivity index (χ0v) is 12.1. The average Bonchev–Trinajstić information content (AvgIpc) is 2.82. The number of nitrogens with two attached hydrogens (primary N) is 1. The van der Waals surface area contributed by atoms with E-state index in [1.54, 1.807) is 13.0 Å². The molecule has 0 radical (unpaired) electrons. The molecular formula is C12H15N3O2S2. The molecular weight excluding hydrogens is 282 g/mol. The van der Waals surface area contributed by atoms with Crippen molar-refractivity contribution < 1.29 is 8.42 Å². The third-order valence-corrected chi connectivity index (χ3v) is 5.05. The van der Waals surface area contributed by atoms with Crippen molar-refractivity contribution in [3.63, 3.8) is 0 Å². The van der Waals surface area contributed by atoms with Crippen LogP contribution < -0.4 is 10.5 Å². The first kappa shape index (κ1) is 15.7. The molecule has 0 amide bonds. The first-order valence-corrected chi connectivity index (χ1v) is 8.11. The second kappa shape index (κ2) is 7.27. The van der Waals surface area contributed by atoms with Crippen LogP contribution in [0.2, 0.25) is 0 Å². The van der Waals surface area contributed by atoms with Gasteiger partial charge >= 0.3 is 0 Å². The van der Waals surface area contributed by atoms with E-state index in [-0.39, 0.29) is 19.5 Å². The maximum atomic E-state index is 11.8. The molecule has 0 fully saturated rings. The Morgan fingerprint density at radius 3 is 2.89 bits per heavy atom. The molecule has 0 saturated carbocycles. The van der Waals surface area contributed by atoms with Gasteiger partial charge in [-0.25, -0.2) is 13.1 Å². The summed E-state index contributed by atoms with van der Waals surface area (Å²) in [6.45, 7) is 2.07. The van der Waals surface area contributed by atoms with Crippen molar-refractivity contribution in [2.45, 2.75) is 25.1 Å². The molecule has 19 heavy (non-hydrogen) atoms. The minimum absolute atomic E-state index is 0.146. The fourth-order valence-corrected chi connectivity index (χ4v) is 3.37. The number of nitrogens with zero attached hydrogens (tertiary/aromatic N) is 1. The lowest BCUT2D eigenvalue weighted by molar-refractivity contribution is 0.573. The summed E-state index contributed by atoms with van der Waals surface area (Å²) in [4.78, 5) is 0.817. The molecule has 0 saturated heterocycles. The first-order valence-electron chi connectivity index (χ1n) is 5.68. The molecule has 1 aromatic rings. The quantitative estimate of drug-likeness (QED) is 0.785. The molecule has 0 aromatic carbocycles. The Hall–Kier alpha value is -1.38. The fourth-order valence-electron chi connectivity index (χ4n) is 1.38. The molecule has 5 nitrogen and oxygen atoms in total. The third-order valence-electron chi connectivity index (χ3n) is 2.39. The van der Waals surface area contributed by atoms with Crippen LogP contribution in [0, 0.1) is 23.2 Å². The van der Waals surface area contributed by atoms with Crippen LogP contribution in [0.4, 0.5) is 0 Å².